The molecule has 0 saturated heterocycles. The molecule has 0 heterocycles. The zero-order valence-electron chi connectivity index (χ0n) is 38.2. The summed E-state index contributed by atoms with van der Waals surface area (Å²) in [5, 5.41) is 165. The molecule has 1 aliphatic carbocycles. The lowest BCUT2D eigenvalue weighted by Gasteiger charge is -2.30. The van der Waals surface area contributed by atoms with Gasteiger partial charge in [-0.15, -0.1) is 0 Å². The van der Waals surface area contributed by atoms with Crippen molar-refractivity contribution >= 4 is 50.3 Å². The highest BCUT2D eigenvalue weighted by atomic mass is 16.4. The number of aromatic hydroxyl groups is 7. The molecule has 0 amide bonds. The molecule has 1 aliphatic rings. The third-order valence-electron chi connectivity index (χ3n) is 13.7. The first-order valence-corrected chi connectivity index (χ1v) is 22.7. The Morgan fingerprint density at radius 1 is 0.250 bits per heavy atom. The third-order valence-corrected chi connectivity index (χ3v) is 13.7. The van der Waals surface area contributed by atoms with Crippen LogP contribution in [0.25, 0.3) is 0 Å². The van der Waals surface area contributed by atoms with Gasteiger partial charge in [-0.05, 0) is 92.5 Å². The lowest BCUT2D eigenvalue weighted by molar-refractivity contribution is 0.424. The number of phenolic OH excluding ortho intramolecular Hbond substituents is 7. The zero-order chi connectivity index (χ0) is 51.4. The smallest absolute Gasteiger partial charge is 0.488 e. The molecule has 0 radical (unpaired) electrons. The van der Waals surface area contributed by atoms with Crippen LogP contribution in [0.2, 0.25) is 0 Å². The van der Waals surface area contributed by atoms with Crippen LogP contribution >= 0.6 is 0 Å². The SMILES string of the molecule is Cc1cc(O)c2cc1C(c1ccc(B(O)O)cc1)c1cc(c(O)cc1O)C(c1ccc(B(O)O)cc1)c1cc(c(O)cc1O)C(c1ccc(B(O)O)cc1)c1cc(c(O)cc1O)C2c1ccc(B(O)O)cc1. The summed E-state index contributed by atoms with van der Waals surface area (Å²) in [5.74, 6) is -7.52. The summed E-state index contributed by atoms with van der Waals surface area (Å²) >= 11 is 0. The Morgan fingerprint density at radius 2 is 0.431 bits per heavy atom. The Hall–Kier alpha value is -7.70. The number of benzene rings is 8. The number of rotatable bonds is 8. The second-order valence-corrected chi connectivity index (χ2v) is 18.1. The molecule has 360 valence electrons. The average Bonchev–Trinajstić information content (AvgIpc) is 3.34. The first-order chi connectivity index (χ1) is 34.3. The summed E-state index contributed by atoms with van der Waals surface area (Å²) in [6.45, 7) is 1.72. The van der Waals surface area contributed by atoms with Gasteiger partial charge in [0.2, 0.25) is 0 Å². The van der Waals surface area contributed by atoms with Crippen molar-refractivity contribution in [2.45, 2.75) is 30.6 Å². The van der Waals surface area contributed by atoms with Crippen LogP contribution in [0.1, 0.15) is 96.0 Å². The second-order valence-electron chi connectivity index (χ2n) is 18.1. The minimum atomic E-state index is -1.86. The molecule has 0 aromatic heterocycles. The van der Waals surface area contributed by atoms with E-state index < -0.39 is 86.6 Å². The number of phenols is 7. The molecule has 15 nitrogen and oxygen atoms in total. The van der Waals surface area contributed by atoms with E-state index >= 15 is 0 Å². The van der Waals surface area contributed by atoms with Crippen LogP contribution in [-0.4, -0.2) is 104 Å². The Labute approximate surface area is 413 Å². The minimum Gasteiger partial charge on any atom is -0.508 e. The average molecular weight is 966 g/mol. The number of hydrogen-bond donors (Lipinski definition) is 15. The Kier molecular flexibility index (Phi) is 13.3. The van der Waals surface area contributed by atoms with Crippen molar-refractivity contribution in [1.29, 1.82) is 0 Å². The fourth-order valence-electron chi connectivity index (χ4n) is 10.0. The van der Waals surface area contributed by atoms with E-state index in [9.17, 15) is 75.9 Å². The molecule has 72 heavy (non-hydrogen) atoms. The van der Waals surface area contributed by atoms with Crippen LogP contribution in [0.4, 0.5) is 0 Å². The number of hydrogen-bond acceptors (Lipinski definition) is 15. The molecule has 0 aliphatic heterocycles. The van der Waals surface area contributed by atoms with Gasteiger partial charge in [0.25, 0.3) is 0 Å². The van der Waals surface area contributed by atoms with E-state index in [2.05, 4.69) is 0 Å². The maximum atomic E-state index is 12.2. The number of fused-ring (bicyclic) bond motifs is 8. The number of aryl methyl sites for hydroxylation is 1. The predicted octanol–water partition coefficient (Wildman–Crippen LogP) is 1.69. The zero-order valence-corrected chi connectivity index (χ0v) is 38.2. The highest BCUT2D eigenvalue weighted by Gasteiger charge is 2.35. The molecule has 4 atom stereocenters. The molecule has 8 aromatic carbocycles. The van der Waals surface area contributed by atoms with E-state index in [0.717, 1.165) is 18.2 Å². The van der Waals surface area contributed by atoms with Crippen molar-refractivity contribution in [2.75, 3.05) is 0 Å². The van der Waals surface area contributed by atoms with E-state index in [1.54, 1.807) is 49.4 Å². The Morgan fingerprint density at radius 3 is 0.639 bits per heavy atom. The topological polar surface area (TPSA) is 303 Å². The molecular weight excluding hydrogens is 920 g/mol. The van der Waals surface area contributed by atoms with E-state index in [4.69, 9.17) is 0 Å². The van der Waals surface area contributed by atoms with Gasteiger partial charge >= 0.3 is 28.5 Å². The normalized spacial score (nSPS) is 16.2. The van der Waals surface area contributed by atoms with Crippen LogP contribution in [0.15, 0.2) is 146 Å². The quantitative estimate of drug-likeness (QED) is 0.0965. The lowest BCUT2D eigenvalue weighted by atomic mass is 9.73. The van der Waals surface area contributed by atoms with Gasteiger partial charge < -0.3 is 75.9 Å². The fraction of sp³-hybridized carbons (Fsp3) is 0.0943. The minimum absolute atomic E-state index is 0.0485. The van der Waals surface area contributed by atoms with Gasteiger partial charge in [-0.25, -0.2) is 0 Å². The third kappa shape index (κ3) is 9.11. The van der Waals surface area contributed by atoms with Crippen LogP contribution < -0.4 is 21.9 Å². The first-order valence-electron chi connectivity index (χ1n) is 22.7. The molecule has 0 saturated carbocycles. The summed E-state index contributed by atoms with van der Waals surface area (Å²) in [6.07, 6.45) is 0. The largest absolute Gasteiger partial charge is 0.508 e. The molecular formula is C53H46B4O15. The lowest BCUT2D eigenvalue weighted by Crippen LogP contribution is -2.29. The van der Waals surface area contributed by atoms with Gasteiger partial charge in [0.05, 0.1) is 0 Å². The van der Waals surface area contributed by atoms with Crippen molar-refractivity contribution in [2.24, 2.45) is 0 Å². The van der Waals surface area contributed by atoms with Gasteiger partial charge in [-0.1, -0.05) is 97.1 Å². The highest BCUT2D eigenvalue weighted by molar-refractivity contribution is 6.59. The van der Waals surface area contributed by atoms with E-state index in [-0.39, 0.29) is 66.5 Å². The summed E-state index contributed by atoms with van der Waals surface area (Å²) in [4.78, 5) is 0. The van der Waals surface area contributed by atoms with Crippen LogP contribution in [-0.2, 0) is 0 Å². The standard InChI is InChI=1S/C53H46B4O15/c1-26-18-43(58)36-19-35(26)50(27-2-10-31(11-3-27)54(65)66)37-20-38(45(60)23-44(37)59)52(29-6-14-33(15-7-29)56(69)70)41-22-42(49(64)25-48(41)63)53(30-8-16-34(17-9-30)57(71)72)40-21-39(46(61)24-47(40)62)51(36)28-4-12-32(13-5-28)55(67)68/h2-25,50-53,58-72H,1H3. The van der Waals surface area contributed by atoms with Crippen LogP contribution in [0.5, 0.6) is 40.2 Å². The van der Waals surface area contributed by atoms with Crippen molar-refractivity contribution in [3.63, 3.8) is 0 Å². The maximum Gasteiger partial charge on any atom is 0.488 e. The molecule has 4 unspecified atom stereocenters. The molecule has 8 aromatic rings. The Bertz CT molecular complexity index is 2770. The predicted molar refractivity (Wildman–Crippen MR) is 271 cm³/mol. The van der Waals surface area contributed by atoms with Crippen LogP contribution in [0.3, 0.4) is 0 Å². The Balaban J connectivity index is 1.46. The highest BCUT2D eigenvalue weighted by Crippen LogP contribution is 2.53. The second kappa shape index (κ2) is 19.5. The molecule has 19 heteroatoms. The van der Waals surface area contributed by atoms with Gasteiger partial charge in [0, 0.05) is 80.8 Å². The molecule has 15 N–H and O–H groups in total. The monoisotopic (exact) mass is 966 g/mol. The van der Waals surface area contributed by atoms with Crippen molar-refractivity contribution < 1.29 is 75.9 Å². The van der Waals surface area contributed by atoms with Gasteiger partial charge in [0.1, 0.15) is 40.2 Å². The summed E-state index contributed by atoms with van der Waals surface area (Å²) in [7, 11) is -7.40. The van der Waals surface area contributed by atoms with E-state index in [1.807, 2.05) is 0 Å². The van der Waals surface area contributed by atoms with E-state index in [1.165, 1.54) is 84.9 Å². The summed E-state index contributed by atoms with van der Waals surface area (Å²) in [5.41, 5.74) is 3.78. The fourth-order valence-corrected chi connectivity index (χ4v) is 10.0. The van der Waals surface area contributed by atoms with Gasteiger partial charge in [0.15, 0.2) is 0 Å². The maximum absolute atomic E-state index is 12.2. The van der Waals surface area contributed by atoms with E-state index in [0.29, 0.717) is 33.4 Å². The van der Waals surface area contributed by atoms with Gasteiger partial charge in [-0.2, -0.15) is 0 Å². The molecule has 0 fully saturated rings. The summed E-state index contributed by atoms with van der Waals surface area (Å²) < 4.78 is 0. The summed E-state index contributed by atoms with van der Waals surface area (Å²) in [6, 6.07) is 35.0. The van der Waals surface area contributed by atoms with Crippen molar-refractivity contribution in [1.82, 2.24) is 0 Å². The molecule has 9 rings (SSSR count). The van der Waals surface area contributed by atoms with Crippen LogP contribution in [0, 0.1) is 6.92 Å². The molecule has 8 bridgehead atoms. The first kappa shape index (κ1) is 49.3. The molecule has 0 spiro atoms. The van der Waals surface area contributed by atoms with Crippen molar-refractivity contribution in [3.05, 3.63) is 218 Å². The van der Waals surface area contributed by atoms with Gasteiger partial charge in [-0.3, -0.25) is 0 Å². The van der Waals surface area contributed by atoms with Crippen molar-refractivity contribution in [3.8, 4) is 40.2 Å².